The van der Waals surface area contributed by atoms with E-state index >= 15 is 0 Å². The molecule has 2 aromatic rings. The molecule has 0 saturated heterocycles. The van der Waals surface area contributed by atoms with Crippen LogP contribution >= 0.6 is 0 Å². The fourth-order valence-electron chi connectivity index (χ4n) is 1.98. The lowest BCUT2D eigenvalue weighted by atomic mass is 10.1. The maximum atomic E-state index is 12.5. The summed E-state index contributed by atoms with van der Waals surface area (Å²) in [5, 5.41) is 22.8. The monoisotopic (exact) mass is 257 g/mol. The molecule has 0 spiro atoms. The Morgan fingerprint density at radius 1 is 0.737 bits per heavy atom. The summed E-state index contributed by atoms with van der Waals surface area (Å²) in [7, 11) is 0. The van der Waals surface area contributed by atoms with Crippen molar-refractivity contribution in [2.45, 2.75) is 27.7 Å². The number of benzene rings is 2. The van der Waals surface area contributed by atoms with Gasteiger partial charge in [-0.3, -0.25) is 0 Å². The van der Waals surface area contributed by atoms with Crippen LogP contribution in [0.15, 0.2) is 36.4 Å². The molecule has 0 radical (unpaired) electrons. The van der Waals surface area contributed by atoms with Gasteiger partial charge in [-0.1, -0.05) is 12.1 Å². The number of nitrogens with zero attached hydrogens (tertiary/aromatic N) is 1. The van der Waals surface area contributed by atoms with Crippen molar-refractivity contribution in [1.82, 2.24) is 4.81 Å². The van der Waals surface area contributed by atoms with Crippen molar-refractivity contribution in [2.24, 2.45) is 0 Å². The second-order valence-electron chi connectivity index (χ2n) is 5.11. The average molecular weight is 257 g/mol. The zero-order valence-electron chi connectivity index (χ0n) is 11.8. The molecular formula is C16H19NO2. The molecule has 2 rings (SSSR count). The fraction of sp³-hybridized carbons (Fsp3) is 0.250. The minimum atomic E-state index is -1.47. The molecule has 1 N–H and O–H groups in total. The predicted molar refractivity (Wildman–Crippen MR) is 78.4 cm³/mol. The first-order valence-corrected chi connectivity index (χ1v) is 6.31. The van der Waals surface area contributed by atoms with Crippen molar-refractivity contribution < 1.29 is 5.21 Å². The minimum Gasteiger partial charge on any atom is -0.588 e. The highest BCUT2D eigenvalue weighted by Crippen LogP contribution is 2.33. The van der Waals surface area contributed by atoms with Crippen molar-refractivity contribution in [1.29, 1.82) is 0 Å². The zero-order valence-corrected chi connectivity index (χ0v) is 11.8. The van der Waals surface area contributed by atoms with Gasteiger partial charge in [-0.25, -0.2) is 5.21 Å². The van der Waals surface area contributed by atoms with Crippen molar-refractivity contribution in [3.63, 3.8) is 0 Å². The standard InChI is InChI=1S/C16H19NO2/c1-11-5-7-15(9-13(11)3)17(18,19)16-8-6-12(2)14(4)10-16/h5-10,18H,1-4H3. The van der Waals surface area contributed by atoms with E-state index in [1.54, 1.807) is 24.3 Å². The molecule has 0 heterocycles. The van der Waals surface area contributed by atoms with Gasteiger partial charge >= 0.3 is 0 Å². The quantitative estimate of drug-likeness (QED) is 0.638. The van der Waals surface area contributed by atoms with Gasteiger partial charge < -0.3 is 5.21 Å². The van der Waals surface area contributed by atoms with Crippen molar-refractivity contribution >= 4 is 11.4 Å². The molecule has 0 bridgehead atoms. The molecule has 0 unspecified atom stereocenters. The molecule has 3 heteroatoms. The molecule has 0 aliphatic carbocycles. The van der Waals surface area contributed by atoms with Crippen molar-refractivity contribution in [3.05, 3.63) is 63.9 Å². The average Bonchev–Trinajstić information content (AvgIpc) is 2.35. The van der Waals surface area contributed by atoms with Gasteiger partial charge in [-0.05, 0) is 49.9 Å². The van der Waals surface area contributed by atoms with E-state index in [-0.39, 0.29) is 0 Å². The molecule has 0 aliphatic heterocycles. The minimum absolute atomic E-state index is 0.325. The Kier molecular flexibility index (Phi) is 3.45. The first-order chi connectivity index (χ1) is 8.82. The number of rotatable bonds is 2. The Labute approximate surface area is 113 Å². The molecule has 3 nitrogen and oxygen atoms in total. The van der Waals surface area contributed by atoms with Gasteiger partial charge in [-0.2, -0.15) is 0 Å². The van der Waals surface area contributed by atoms with Crippen molar-refractivity contribution in [3.8, 4) is 0 Å². The lowest BCUT2D eigenvalue weighted by Gasteiger charge is -2.33. The molecule has 0 saturated carbocycles. The van der Waals surface area contributed by atoms with E-state index in [9.17, 15) is 10.4 Å². The third kappa shape index (κ3) is 2.54. The van der Waals surface area contributed by atoms with Crippen LogP contribution in [0.4, 0.5) is 11.4 Å². The highest BCUT2D eigenvalue weighted by atomic mass is 16.8. The molecule has 0 fully saturated rings. The summed E-state index contributed by atoms with van der Waals surface area (Å²) in [5.41, 5.74) is 4.84. The van der Waals surface area contributed by atoms with E-state index in [2.05, 4.69) is 0 Å². The van der Waals surface area contributed by atoms with E-state index in [0.717, 1.165) is 22.3 Å². The summed E-state index contributed by atoms with van der Waals surface area (Å²) in [6, 6.07) is 10.5. The van der Waals surface area contributed by atoms with Crippen LogP contribution in [-0.4, -0.2) is 5.21 Å². The van der Waals surface area contributed by atoms with Crippen LogP contribution in [-0.2, 0) is 0 Å². The molecule has 100 valence electrons. The third-order valence-electron chi connectivity index (χ3n) is 3.68. The van der Waals surface area contributed by atoms with Gasteiger partial charge in [0.1, 0.15) is 0 Å². The number of aryl methyl sites for hydroxylation is 4. The SMILES string of the molecule is Cc1ccc([N+]([O-])(O)c2ccc(C)c(C)c2)cc1C. The van der Waals surface area contributed by atoms with Gasteiger partial charge in [0.2, 0.25) is 0 Å². The molecule has 0 aromatic heterocycles. The van der Waals surface area contributed by atoms with Crippen LogP contribution in [0.2, 0.25) is 0 Å². The summed E-state index contributed by atoms with van der Waals surface area (Å²) in [5.74, 6) is 0. The molecule has 0 amide bonds. The highest BCUT2D eigenvalue weighted by molar-refractivity contribution is 5.59. The summed E-state index contributed by atoms with van der Waals surface area (Å²) in [4.78, 5) is -1.47. The van der Waals surface area contributed by atoms with Gasteiger partial charge in [0.15, 0.2) is 11.4 Å². The van der Waals surface area contributed by atoms with Gasteiger partial charge in [0.05, 0.1) is 0 Å². The molecule has 2 aromatic carbocycles. The summed E-state index contributed by atoms with van der Waals surface area (Å²) >= 11 is 0. The summed E-state index contributed by atoms with van der Waals surface area (Å²) < 4.78 is 0. The first-order valence-electron chi connectivity index (χ1n) is 6.31. The van der Waals surface area contributed by atoms with E-state index in [4.69, 9.17) is 0 Å². The number of quaternary nitrogens is 1. The van der Waals surface area contributed by atoms with Gasteiger partial charge in [-0.15, -0.1) is 4.81 Å². The van der Waals surface area contributed by atoms with E-state index < -0.39 is 4.81 Å². The molecule has 19 heavy (non-hydrogen) atoms. The second-order valence-corrected chi connectivity index (χ2v) is 5.11. The Bertz CT molecular complexity index is 565. The normalized spacial score (nSPS) is 11.7. The first kappa shape index (κ1) is 13.7. The lowest BCUT2D eigenvalue weighted by molar-refractivity contribution is 0.0272. The fourth-order valence-corrected chi connectivity index (χ4v) is 1.98. The summed E-state index contributed by atoms with van der Waals surface area (Å²) in [6.07, 6.45) is 0. The molecular weight excluding hydrogens is 238 g/mol. The summed E-state index contributed by atoms with van der Waals surface area (Å²) in [6.45, 7) is 7.82. The Morgan fingerprint density at radius 2 is 1.11 bits per heavy atom. The predicted octanol–water partition coefficient (Wildman–Crippen LogP) is 4.45. The van der Waals surface area contributed by atoms with E-state index in [1.165, 1.54) is 0 Å². The van der Waals surface area contributed by atoms with Crippen molar-refractivity contribution in [2.75, 3.05) is 0 Å². The van der Waals surface area contributed by atoms with Crippen LogP contribution < -0.4 is 4.81 Å². The number of hydrogen-bond donors (Lipinski definition) is 1. The van der Waals surface area contributed by atoms with Crippen LogP contribution in [0.1, 0.15) is 22.3 Å². The largest absolute Gasteiger partial charge is 0.588 e. The Balaban J connectivity index is 2.51. The Hall–Kier alpha value is -1.68. The number of hydrogen-bond acceptors (Lipinski definition) is 2. The zero-order chi connectivity index (χ0) is 14.2. The van der Waals surface area contributed by atoms with Gasteiger partial charge in [0, 0.05) is 24.3 Å². The smallest absolute Gasteiger partial charge is 0.171 e. The second kappa shape index (κ2) is 4.78. The Morgan fingerprint density at radius 3 is 1.42 bits per heavy atom. The van der Waals surface area contributed by atoms with Gasteiger partial charge in [0.25, 0.3) is 0 Å². The van der Waals surface area contributed by atoms with Crippen LogP contribution in [0, 0.1) is 32.9 Å². The molecule has 0 aliphatic rings. The van der Waals surface area contributed by atoms with E-state index in [0.29, 0.717) is 11.4 Å². The van der Waals surface area contributed by atoms with Crippen LogP contribution in [0.5, 0.6) is 0 Å². The lowest BCUT2D eigenvalue weighted by Crippen LogP contribution is -2.33. The maximum absolute atomic E-state index is 12.5. The van der Waals surface area contributed by atoms with Crippen LogP contribution in [0.25, 0.3) is 0 Å². The molecule has 0 atom stereocenters. The maximum Gasteiger partial charge on any atom is 0.171 e. The van der Waals surface area contributed by atoms with E-state index in [1.807, 2.05) is 39.8 Å². The highest BCUT2D eigenvalue weighted by Gasteiger charge is 2.22. The topological polar surface area (TPSA) is 43.3 Å². The van der Waals surface area contributed by atoms with Crippen LogP contribution in [0.3, 0.4) is 0 Å². The third-order valence-corrected chi connectivity index (χ3v) is 3.68.